The monoisotopic (exact) mass is 442 g/mol. The van der Waals surface area contributed by atoms with Crippen molar-refractivity contribution in [1.82, 2.24) is 9.55 Å². The van der Waals surface area contributed by atoms with Crippen LogP contribution in [0.2, 0.25) is 5.02 Å². The molecule has 0 aliphatic rings. The number of carbonyl (C=O) groups is 1. The second kappa shape index (κ2) is 8.64. The average Bonchev–Trinajstić information content (AvgIpc) is 3.25. The Kier molecular flexibility index (Phi) is 5.78. The molecule has 6 nitrogen and oxygen atoms in total. The maximum Gasteiger partial charge on any atom is 0.350 e. The zero-order chi connectivity index (χ0) is 21.1. The van der Waals surface area contributed by atoms with Gasteiger partial charge in [0.05, 0.1) is 17.1 Å². The van der Waals surface area contributed by atoms with E-state index >= 15 is 0 Å². The molecule has 0 aliphatic heterocycles. The number of aromatic nitrogens is 2. The minimum absolute atomic E-state index is 0.0988. The van der Waals surface area contributed by atoms with E-state index in [0.29, 0.717) is 23.6 Å². The van der Waals surface area contributed by atoms with Crippen LogP contribution >= 0.6 is 22.9 Å². The molecule has 2 N–H and O–H groups in total. The van der Waals surface area contributed by atoms with E-state index in [4.69, 9.17) is 11.6 Å². The number of nitrogens with zero attached hydrogens (tertiary/aromatic N) is 2. The number of para-hydroxylation sites is 1. The van der Waals surface area contributed by atoms with E-state index in [1.165, 1.54) is 16.7 Å². The topological polar surface area (TPSA) is 76.0 Å². The first-order valence-electron chi connectivity index (χ1n) is 9.02. The molecule has 0 spiro atoms. The number of thiophene rings is 1. The van der Waals surface area contributed by atoms with E-state index in [0.717, 1.165) is 16.3 Å². The van der Waals surface area contributed by atoms with E-state index in [-0.39, 0.29) is 11.6 Å². The van der Waals surface area contributed by atoms with Gasteiger partial charge in [-0.15, -0.1) is 11.3 Å². The van der Waals surface area contributed by atoms with Gasteiger partial charge in [0.25, 0.3) is 0 Å². The number of halogens is 2. The van der Waals surface area contributed by atoms with Crippen LogP contribution in [-0.4, -0.2) is 15.5 Å². The third kappa shape index (κ3) is 4.34. The molecule has 4 aromatic rings. The molecule has 2 aromatic heterocycles. The number of hydrogen-bond acceptors (Lipinski definition) is 5. The summed E-state index contributed by atoms with van der Waals surface area (Å²) in [5.41, 5.74) is 0.374. The maximum atomic E-state index is 13.3. The number of hydrogen-bond donors (Lipinski definition) is 2. The Morgan fingerprint density at radius 2 is 2.00 bits per heavy atom. The van der Waals surface area contributed by atoms with Gasteiger partial charge in [-0.1, -0.05) is 29.8 Å². The average molecular weight is 443 g/mol. The number of rotatable bonds is 6. The molecule has 30 heavy (non-hydrogen) atoms. The number of fused-ring (bicyclic) bond motifs is 1. The lowest BCUT2D eigenvalue weighted by atomic mass is 10.2. The Balaban J connectivity index is 1.60. The normalized spacial score (nSPS) is 10.9. The molecule has 152 valence electrons. The summed E-state index contributed by atoms with van der Waals surface area (Å²) >= 11 is 7.35. The van der Waals surface area contributed by atoms with Gasteiger partial charge >= 0.3 is 5.69 Å². The van der Waals surface area contributed by atoms with Gasteiger partial charge < -0.3 is 10.6 Å². The minimum Gasteiger partial charge on any atom is -0.364 e. The second-order valence-corrected chi connectivity index (χ2v) is 7.90. The molecular formula is C21H16ClFN4O2S. The van der Waals surface area contributed by atoms with Gasteiger partial charge in [-0.25, -0.2) is 9.18 Å². The predicted octanol–water partition coefficient (Wildman–Crippen LogP) is 4.50. The summed E-state index contributed by atoms with van der Waals surface area (Å²) < 4.78 is 14.6. The Labute approximate surface area is 180 Å². The van der Waals surface area contributed by atoms with E-state index in [1.54, 1.807) is 23.5 Å². The molecule has 4 rings (SSSR count). The Morgan fingerprint density at radius 1 is 1.17 bits per heavy atom. The molecule has 0 bridgehead atoms. The number of amides is 1. The molecule has 0 aliphatic carbocycles. The number of carbonyl (C=O) groups excluding carboxylic acids is 1. The fourth-order valence-corrected chi connectivity index (χ4v) is 3.84. The lowest BCUT2D eigenvalue weighted by molar-refractivity contribution is -0.116. The molecule has 0 atom stereocenters. The molecule has 9 heteroatoms. The zero-order valence-corrected chi connectivity index (χ0v) is 17.1. The molecule has 0 saturated heterocycles. The van der Waals surface area contributed by atoms with Gasteiger partial charge in [0.2, 0.25) is 5.91 Å². The van der Waals surface area contributed by atoms with Crippen LogP contribution in [0.25, 0.3) is 10.9 Å². The van der Waals surface area contributed by atoms with Crippen LogP contribution in [0, 0.1) is 5.82 Å². The Hall–Kier alpha value is -3.23. The molecule has 0 radical (unpaired) electrons. The number of nitrogens with one attached hydrogen (secondary N) is 2. The van der Waals surface area contributed by atoms with Crippen molar-refractivity contribution < 1.29 is 9.18 Å². The highest BCUT2D eigenvalue weighted by Gasteiger charge is 2.14. The first kappa shape index (κ1) is 20.1. The molecular weight excluding hydrogens is 427 g/mol. The van der Waals surface area contributed by atoms with Gasteiger partial charge in [0.15, 0.2) is 0 Å². The van der Waals surface area contributed by atoms with Gasteiger partial charge in [-0.05, 0) is 41.8 Å². The smallest absolute Gasteiger partial charge is 0.350 e. The predicted molar refractivity (Wildman–Crippen MR) is 118 cm³/mol. The fraction of sp³-hybridized carbons (Fsp3) is 0.0952. The summed E-state index contributed by atoms with van der Waals surface area (Å²) in [7, 11) is 0. The van der Waals surface area contributed by atoms with Crippen LogP contribution in [0.1, 0.15) is 4.88 Å². The summed E-state index contributed by atoms with van der Waals surface area (Å²) in [5.74, 6) is -0.566. The Bertz CT molecular complexity index is 1270. The summed E-state index contributed by atoms with van der Waals surface area (Å²) in [6.45, 7) is 0.302. The third-order valence-corrected chi connectivity index (χ3v) is 5.57. The second-order valence-electron chi connectivity index (χ2n) is 6.46. The van der Waals surface area contributed by atoms with E-state index in [2.05, 4.69) is 15.6 Å². The molecule has 0 saturated carbocycles. The van der Waals surface area contributed by atoms with Crippen LogP contribution in [-0.2, 0) is 17.9 Å². The van der Waals surface area contributed by atoms with E-state index < -0.39 is 17.4 Å². The van der Waals surface area contributed by atoms with Crippen LogP contribution < -0.4 is 16.3 Å². The summed E-state index contributed by atoms with van der Waals surface area (Å²) in [6, 6.07) is 15.1. The van der Waals surface area contributed by atoms with Crippen molar-refractivity contribution in [2.75, 3.05) is 10.6 Å². The number of anilines is 2. The highest BCUT2D eigenvalue weighted by molar-refractivity contribution is 7.09. The fourth-order valence-electron chi connectivity index (χ4n) is 3.02. The van der Waals surface area contributed by atoms with Crippen molar-refractivity contribution in [3.8, 4) is 0 Å². The van der Waals surface area contributed by atoms with Gasteiger partial charge in [0.1, 0.15) is 18.2 Å². The highest BCUT2D eigenvalue weighted by Crippen LogP contribution is 2.22. The quantitative estimate of drug-likeness (QED) is 0.461. The maximum absolute atomic E-state index is 13.3. The SMILES string of the molecule is O=C(Cn1c(=O)nc(NCc2cccs2)c2ccccc21)Nc1ccc(F)c(Cl)c1. The van der Waals surface area contributed by atoms with Crippen molar-refractivity contribution in [2.24, 2.45) is 0 Å². The standard InChI is InChI=1S/C21H16ClFN4O2S/c22-16-10-13(7-8-17(16)23)25-19(28)12-27-18-6-2-1-5-15(18)20(26-21(27)29)24-11-14-4-3-9-30-14/h1-10H,11-12H2,(H,25,28)(H,24,26,29). The van der Waals surface area contributed by atoms with Crippen molar-refractivity contribution >= 4 is 51.3 Å². The van der Waals surface area contributed by atoms with Crippen LogP contribution in [0.3, 0.4) is 0 Å². The van der Waals surface area contributed by atoms with Crippen LogP contribution in [0.4, 0.5) is 15.9 Å². The first-order valence-corrected chi connectivity index (χ1v) is 10.3. The van der Waals surface area contributed by atoms with Gasteiger partial charge in [-0.2, -0.15) is 4.98 Å². The summed E-state index contributed by atoms with van der Waals surface area (Å²) in [4.78, 5) is 30.4. The minimum atomic E-state index is -0.577. The third-order valence-electron chi connectivity index (χ3n) is 4.40. The summed E-state index contributed by atoms with van der Waals surface area (Å²) in [5, 5.41) is 8.42. The lowest BCUT2D eigenvalue weighted by Gasteiger charge is -2.13. The van der Waals surface area contributed by atoms with Crippen LogP contribution in [0.15, 0.2) is 64.8 Å². The highest BCUT2D eigenvalue weighted by atomic mass is 35.5. The largest absolute Gasteiger partial charge is 0.364 e. The lowest BCUT2D eigenvalue weighted by Crippen LogP contribution is -2.30. The van der Waals surface area contributed by atoms with Gasteiger partial charge in [0, 0.05) is 16.0 Å². The molecule has 0 fully saturated rings. The van der Waals surface area contributed by atoms with Gasteiger partial charge in [-0.3, -0.25) is 9.36 Å². The first-order chi connectivity index (χ1) is 14.5. The van der Waals surface area contributed by atoms with Crippen molar-refractivity contribution in [2.45, 2.75) is 13.1 Å². The van der Waals surface area contributed by atoms with Crippen molar-refractivity contribution in [1.29, 1.82) is 0 Å². The Morgan fingerprint density at radius 3 is 2.77 bits per heavy atom. The molecule has 1 amide bonds. The summed E-state index contributed by atoms with van der Waals surface area (Å²) in [6.07, 6.45) is 0. The van der Waals surface area contributed by atoms with Crippen molar-refractivity contribution in [3.63, 3.8) is 0 Å². The number of benzene rings is 2. The zero-order valence-electron chi connectivity index (χ0n) is 15.6. The van der Waals surface area contributed by atoms with Crippen LogP contribution in [0.5, 0.6) is 0 Å². The molecule has 2 aromatic carbocycles. The van der Waals surface area contributed by atoms with E-state index in [9.17, 15) is 14.0 Å². The molecule has 0 unspecified atom stereocenters. The van der Waals surface area contributed by atoms with E-state index in [1.807, 2.05) is 29.6 Å². The molecule has 2 heterocycles. The van der Waals surface area contributed by atoms with Crippen molar-refractivity contribution in [3.05, 3.63) is 86.2 Å².